The minimum atomic E-state index is -4.64. The molecule has 0 aliphatic carbocycles. The third-order valence-electron chi connectivity index (χ3n) is 2.78. The summed E-state index contributed by atoms with van der Waals surface area (Å²) in [6.45, 7) is -0.354. The van der Waals surface area contributed by atoms with Crippen molar-refractivity contribution < 1.29 is 31.1 Å². The number of urea groups is 1. The maximum Gasteiger partial charge on any atom is 0.422 e. The Labute approximate surface area is 156 Å². The van der Waals surface area contributed by atoms with E-state index in [1.54, 1.807) is 10.8 Å². The third kappa shape index (κ3) is 6.29. The molecule has 2 rings (SSSR count). The summed E-state index contributed by atoms with van der Waals surface area (Å²) >= 11 is 5.98. The standard InChI is InChI=1S/C13H13ClF3N5O4S/c1-8-18-11(26-7-12(15,16)17)21-13(14,19-8)20-10(23)22-27(24,25)9-5-3-2-4-6-9/h2-6H,7H2,1H3,(H,18,19,21)(H2,20,22,23). The normalized spacial score (nSPS) is 20.0. The molecule has 1 heterocycles. The Kier molecular flexibility index (Phi) is 5.85. The first-order valence-corrected chi connectivity index (χ1v) is 8.96. The van der Waals surface area contributed by atoms with Crippen LogP contribution >= 0.6 is 11.6 Å². The zero-order chi connectivity index (χ0) is 20.3. The molecule has 14 heteroatoms. The van der Waals surface area contributed by atoms with Crippen LogP contribution in [0.4, 0.5) is 18.0 Å². The molecule has 0 saturated heterocycles. The van der Waals surface area contributed by atoms with Gasteiger partial charge in [0.15, 0.2) is 6.61 Å². The fraction of sp³-hybridized carbons (Fsp3) is 0.308. The molecule has 148 valence electrons. The van der Waals surface area contributed by atoms with Crippen molar-refractivity contribution in [3.63, 3.8) is 0 Å². The van der Waals surface area contributed by atoms with Gasteiger partial charge in [0.25, 0.3) is 15.3 Å². The molecular weight excluding hydrogens is 415 g/mol. The molecule has 1 atom stereocenters. The van der Waals surface area contributed by atoms with Crippen LogP contribution in [0.2, 0.25) is 0 Å². The highest BCUT2D eigenvalue weighted by atomic mass is 35.5. The van der Waals surface area contributed by atoms with Gasteiger partial charge in [0.1, 0.15) is 5.84 Å². The Hall–Kier alpha value is -2.54. The molecule has 0 spiro atoms. The first kappa shape index (κ1) is 20.8. The minimum Gasteiger partial charge on any atom is -0.454 e. The largest absolute Gasteiger partial charge is 0.454 e. The third-order valence-corrected chi connectivity index (χ3v) is 4.40. The summed E-state index contributed by atoms with van der Waals surface area (Å²) < 4.78 is 67.0. The molecule has 3 N–H and O–H groups in total. The predicted molar refractivity (Wildman–Crippen MR) is 89.6 cm³/mol. The number of sulfonamides is 1. The zero-order valence-electron chi connectivity index (χ0n) is 13.5. The van der Waals surface area contributed by atoms with Crippen LogP contribution in [0.25, 0.3) is 0 Å². The maximum atomic E-state index is 12.2. The Morgan fingerprint density at radius 1 is 1.33 bits per heavy atom. The Bertz CT molecular complexity index is 876. The van der Waals surface area contributed by atoms with Crippen LogP contribution in [0.1, 0.15) is 6.92 Å². The highest BCUT2D eigenvalue weighted by Gasteiger charge is 2.36. The average molecular weight is 428 g/mol. The van der Waals surface area contributed by atoms with Crippen LogP contribution in [0.15, 0.2) is 45.2 Å². The van der Waals surface area contributed by atoms with Crippen LogP contribution in [0.3, 0.4) is 0 Å². The van der Waals surface area contributed by atoms with Crippen LogP contribution in [-0.4, -0.2) is 44.3 Å². The Morgan fingerprint density at radius 3 is 2.56 bits per heavy atom. The van der Waals surface area contributed by atoms with E-state index in [1.165, 1.54) is 31.2 Å². The van der Waals surface area contributed by atoms with E-state index in [9.17, 15) is 26.4 Å². The lowest BCUT2D eigenvalue weighted by molar-refractivity contribution is -0.156. The summed E-state index contributed by atoms with van der Waals surface area (Å²) in [5.74, 6) is -0.0246. The predicted octanol–water partition coefficient (Wildman–Crippen LogP) is 1.48. The number of halogens is 4. The van der Waals surface area contributed by atoms with Gasteiger partial charge in [0, 0.05) is 0 Å². The highest BCUT2D eigenvalue weighted by molar-refractivity contribution is 7.90. The number of carbonyl (C=O) groups is 1. The van der Waals surface area contributed by atoms with Crippen molar-refractivity contribution in [2.75, 3.05) is 6.61 Å². The zero-order valence-corrected chi connectivity index (χ0v) is 15.1. The molecule has 9 nitrogen and oxygen atoms in total. The number of amidine groups is 2. The molecule has 1 aliphatic rings. The number of nitrogens with one attached hydrogen (secondary N) is 3. The van der Waals surface area contributed by atoms with Crippen LogP contribution in [-0.2, 0) is 14.8 Å². The lowest BCUT2D eigenvalue weighted by atomic mass is 10.4. The number of aliphatic imine (C=N–C) groups is 2. The number of hydrogen-bond donors (Lipinski definition) is 3. The van der Waals surface area contributed by atoms with Crippen molar-refractivity contribution in [2.24, 2.45) is 9.98 Å². The van der Waals surface area contributed by atoms with E-state index >= 15 is 0 Å². The second kappa shape index (κ2) is 7.60. The number of carbonyl (C=O) groups excluding carboxylic acids is 1. The van der Waals surface area contributed by atoms with E-state index in [1.807, 2.05) is 5.32 Å². The Morgan fingerprint density at radius 2 is 1.96 bits per heavy atom. The molecule has 0 radical (unpaired) electrons. The summed E-state index contributed by atoms with van der Waals surface area (Å²) in [6, 6.07) is 4.96. The average Bonchev–Trinajstić information content (AvgIpc) is 2.51. The molecule has 0 fully saturated rings. The number of amides is 2. The number of ether oxygens (including phenoxy) is 1. The number of hydrogen-bond acceptors (Lipinski definition) is 7. The molecule has 2 amide bonds. The van der Waals surface area contributed by atoms with Gasteiger partial charge >= 0.3 is 18.2 Å². The van der Waals surface area contributed by atoms with Crippen LogP contribution in [0.5, 0.6) is 0 Å². The van der Waals surface area contributed by atoms with Crippen molar-refractivity contribution in [2.45, 2.75) is 23.2 Å². The lowest BCUT2D eigenvalue weighted by Gasteiger charge is -2.28. The van der Waals surface area contributed by atoms with Gasteiger partial charge < -0.3 is 10.1 Å². The van der Waals surface area contributed by atoms with Gasteiger partial charge in [-0.15, -0.1) is 0 Å². The van der Waals surface area contributed by atoms with Gasteiger partial charge in [-0.3, -0.25) is 5.32 Å². The molecule has 1 unspecified atom stereocenters. The smallest absolute Gasteiger partial charge is 0.422 e. The van der Waals surface area contributed by atoms with Crippen molar-refractivity contribution in [3.8, 4) is 0 Å². The van der Waals surface area contributed by atoms with Gasteiger partial charge in [-0.25, -0.2) is 17.9 Å². The summed E-state index contributed by atoms with van der Waals surface area (Å²) in [5.41, 5.74) is 0. The van der Waals surface area contributed by atoms with Gasteiger partial charge in [-0.1, -0.05) is 18.2 Å². The van der Waals surface area contributed by atoms with E-state index in [4.69, 9.17) is 11.6 Å². The quantitative estimate of drug-likeness (QED) is 0.496. The molecule has 0 saturated carbocycles. The monoisotopic (exact) mass is 427 g/mol. The minimum absolute atomic E-state index is 0.0246. The maximum absolute atomic E-state index is 12.2. The summed E-state index contributed by atoms with van der Waals surface area (Å²) in [6.07, 6.45) is -4.64. The van der Waals surface area contributed by atoms with E-state index in [0.29, 0.717) is 0 Å². The molecule has 1 aliphatic heterocycles. The van der Waals surface area contributed by atoms with Gasteiger partial charge in [-0.2, -0.15) is 23.2 Å². The molecule has 1 aromatic rings. The molecule has 1 aromatic carbocycles. The van der Waals surface area contributed by atoms with Crippen molar-refractivity contribution in [3.05, 3.63) is 30.3 Å². The Balaban J connectivity index is 2.09. The van der Waals surface area contributed by atoms with Gasteiger partial charge in [0.05, 0.1) is 4.90 Å². The number of benzene rings is 1. The van der Waals surface area contributed by atoms with E-state index in [0.717, 1.165) is 0 Å². The van der Waals surface area contributed by atoms with Crippen molar-refractivity contribution in [1.29, 1.82) is 0 Å². The molecule has 0 aromatic heterocycles. The van der Waals surface area contributed by atoms with E-state index in [-0.39, 0.29) is 10.7 Å². The van der Waals surface area contributed by atoms with Crippen LogP contribution in [0, 0.1) is 0 Å². The van der Waals surface area contributed by atoms with Gasteiger partial charge in [0.2, 0.25) is 0 Å². The van der Waals surface area contributed by atoms with E-state index < -0.39 is 40.1 Å². The number of nitrogens with zero attached hydrogens (tertiary/aromatic N) is 2. The summed E-state index contributed by atoms with van der Waals surface area (Å²) in [5, 5.41) is 2.15. The molecule has 27 heavy (non-hydrogen) atoms. The number of rotatable bonds is 4. The summed E-state index contributed by atoms with van der Waals surface area (Å²) in [7, 11) is -4.20. The fourth-order valence-corrected chi connectivity index (χ4v) is 3.05. The van der Waals surface area contributed by atoms with Crippen LogP contribution < -0.4 is 15.4 Å². The first-order valence-electron chi connectivity index (χ1n) is 7.10. The second-order valence-corrected chi connectivity index (χ2v) is 7.34. The van der Waals surface area contributed by atoms with Gasteiger partial charge in [-0.05, 0) is 30.7 Å². The van der Waals surface area contributed by atoms with Crippen molar-refractivity contribution >= 4 is 39.5 Å². The highest BCUT2D eigenvalue weighted by Crippen LogP contribution is 2.18. The summed E-state index contributed by atoms with van der Waals surface area (Å²) in [4.78, 5) is 18.9. The SMILES string of the molecule is CC1=NC(OCC(F)(F)F)=NC(Cl)(NC(=O)NS(=O)(=O)c2ccccc2)N1. The first-order chi connectivity index (χ1) is 12.4. The van der Waals surface area contributed by atoms with E-state index in [2.05, 4.69) is 20.0 Å². The fourth-order valence-electron chi connectivity index (χ4n) is 1.82. The molecule has 0 bridgehead atoms. The topological polar surface area (TPSA) is 121 Å². The molecular formula is C13H13ClF3N5O4S. The second-order valence-electron chi connectivity index (χ2n) is 5.12. The number of alkyl halides is 4. The lowest BCUT2D eigenvalue weighted by Crippen LogP contribution is -2.59. The van der Waals surface area contributed by atoms with Crippen molar-refractivity contribution in [1.82, 2.24) is 15.4 Å².